The van der Waals surface area contributed by atoms with Gasteiger partial charge in [0.05, 0.1) is 23.3 Å². The average Bonchev–Trinajstić information content (AvgIpc) is 2.73. The van der Waals surface area contributed by atoms with Crippen LogP contribution >= 0.6 is 0 Å². The van der Waals surface area contributed by atoms with Gasteiger partial charge in [-0.15, -0.1) is 0 Å². The number of ether oxygens (including phenoxy) is 3. The smallest absolute Gasteiger partial charge is 0.338 e. The summed E-state index contributed by atoms with van der Waals surface area (Å²) in [5.74, 6) is -0.446. The predicted molar refractivity (Wildman–Crippen MR) is 104 cm³/mol. The van der Waals surface area contributed by atoms with E-state index in [9.17, 15) is 19.7 Å². The molecule has 0 fully saturated rings. The summed E-state index contributed by atoms with van der Waals surface area (Å²) in [4.78, 5) is 35.1. The van der Waals surface area contributed by atoms with Crippen molar-refractivity contribution in [2.45, 2.75) is 13.0 Å². The average molecular weight is 398 g/mol. The molecule has 0 aromatic heterocycles. The molecule has 0 radical (unpaired) electrons. The first kappa shape index (κ1) is 19.9. The summed E-state index contributed by atoms with van der Waals surface area (Å²) in [7, 11) is 1.37. The van der Waals surface area contributed by atoms with E-state index in [0.717, 1.165) is 5.56 Å². The van der Waals surface area contributed by atoms with Gasteiger partial charge in [-0.1, -0.05) is 18.2 Å². The third-order valence-corrected chi connectivity index (χ3v) is 4.20. The van der Waals surface area contributed by atoms with E-state index in [2.05, 4.69) is 5.32 Å². The van der Waals surface area contributed by atoms with Gasteiger partial charge in [-0.05, 0) is 25.1 Å². The molecule has 150 valence electrons. The van der Waals surface area contributed by atoms with Crippen molar-refractivity contribution >= 4 is 29.3 Å². The Hall–Kier alpha value is -3.88. The number of nitrogens with one attached hydrogen (secondary N) is 1. The summed E-state index contributed by atoms with van der Waals surface area (Å²) in [5, 5.41) is 13.4. The lowest BCUT2D eigenvalue weighted by Crippen LogP contribution is -2.31. The molecule has 2 aromatic rings. The topological polar surface area (TPSA) is 117 Å². The molecule has 3 rings (SSSR count). The first-order valence-corrected chi connectivity index (χ1v) is 8.65. The van der Waals surface area contributed by atoms with Gasteiger partial charge in [-0.3, -0.25) is 14.9 Å². The summed E-state index contributed by atoms with van der Waals surface area (Å²) in [6.07, 6.45) is 0.500. The van der Waals surface area contributed by atoms with Crippen LogP contribution in [0.4, 0.5) is 11.4 Å². The fourth-order valence-corrected chi connectivity index (χ4v) is 2.67. The fraction of sp³-hybridized carbons (Fsp3) is 0.200. The van der Waals surface area contributed by atoms with Crippen molar-refractivity contribution in [1.29, 1.82) is 0 Å². The molecule has 1 aliphatic rings. The van der Waals surface area contributed by atoms with Crippen molar-refractivity contribution < 1.29 is 28.7 Å². The number of esters is 1. The Labute approximate surface area is 166 Å². The number of carbonyl (C=O) groups excluding carboxylic acids is 2. The third kappa shape index (κ3) is 4.52. The van der Waals surface area contributed by atoms with Gasteiger partial charge < -0.3 is 19.5 Å². The van der Waals surface area contributed by atoms with Crippen LogP contribution in [-0.2, 0) is 14.3 Å². The van der Waals surface area contributed by atoms with Crippen molar-refractivity contribution in [3.8, 4) is 11.5 Å². The highest BCUT2D eigenvalue weighted by Gasteiger charge is 2.24. The summed E-state index contributed by atoms with van der Waals surface area (Å²) in [6.45, 7) is 1.43. The largest absolute Gasteiger partial charge is 0.495 e. The number of rotatable bonds is 6. The Bertz CT molecular complexity index is 1000. The second-order valence-electron chi connectivity index (χ2n) is 6.17. The molecule has 1 N–H and O–H groups in total. The number of anilines is 1. The van der Waals surface area contributed by atoms with Crippen LogP contribution in [0.25, 0.3) is 6.08 Å². The van der Waals surface area contributed by atoms with E-state index in [1.807, 2.05) is 12.1 Å². The number of non-ortho nitro benzene ring substituents is 1. The fourth-order valence-electron chi connectivity index (χ4n) is 2.67. The van der Waals surface area contributed by atoms with Gasteiger partial charge >= 0.3 is 5.97 Å². The predicted octanol–water partition coefficient (Wildman–Crippen LogP) is 2.95. The SMILES string of the molecule is COc1ccc([N+](=O)[O-])cc1NC(=O)[C@H](C)OC(=O)C1=Cc2ccccc2OC1. The van der Waals surface area contributed by atoms with Gasteiger partial charge in [0, 0.05) is 17.7 Å². The van der Waals surface area contributed by atoms with Crippen LogP contribution in [0.5, 0.6) is 11.5 Å². The number of benzene rings is 2. The van der Waals surface area contributed by atoms with E-state index >= 15 is 0 Å². The minimum atomic E-state index is -1.15. The van der Waals surface area contributed by atoms with Gasteiger partial charge in [0.15, 0.2) is 6.10 Å². The maximum absolute atomic E-state index is 12.4. The molecular formula is C20H18N2O7. The van der Waals surface area contributed by atoms with Gasteiger partial charge in [0.25, 0.3) is 11.6 Å². The summed E-state index contributed by atoms with van der Waals surface area (Å²) >= 11 is 0. The number of nitro benzene ring substituents is 1. The van der Waals surface area contributed by atoms with E-state index in [-0.39, 0.29) is 29.3 Å². The van der Waals surface area contributed by atoms with Crippen LogP contribution in [0, 0.1) is 10.1 Å². The Morgan fingerprint density at radius 1 is 1.24 bits per heavy atom. The molecule has 1 heterocycles. The highest BCUT2D eigenvalue weighted by Crippen LogP contribution is 2.29. The van der Waals surface area contributed by atoms with Crippen molar-refractivity contribution in [1.82, 2.24) is 0 Å². The van der Waals surface area contributed by atoms with Gasteiger partial charge in [0.1, 0.15) is 18.1 Å². The number of para-hydroxylation sites is 1. The van der Waals surface area contributed by atoms with Crippen molar-refractivity contribution in [3.63, 3.8) is 0 Å². The first-order chi connectivity index (χ1) is 13.9. The van der Waals surface area contributed by atoms with Crippen LogP contribution in [0.15, 0.2) is 48.0 Å². The lowest BCUT2D eigenvalue weighted by atomic mass is 10.1. The van der Waals surface area contributed by atoms with Crippen LogP contribution < -0.4 is 14.8 Å². The minimum absolute atomic E-state index is 0.0306. The molecule has 9 nitrogen and oxygen atoms in total. The minimum Gasteiger partial charge on any atom is -0.495 e. The molecule has 0 bridgehead atoms. The van der Waals surface area contributed by atoms with E-state index in [1.165, 1.54) is 32.2 Å². The van der Waals surface area contributed by atoms with Gasteiger partial charge in [0.2, 0.25) is 0 Å². The number of fused-ring (bicyclic) bond motifs is 1. The Kier molecular flexibility index (Phi) is 5.77. The Morgan fingerprint density at radius 2 is 2.00 bits per heavy atom. The number of methoxy groups -OCH3 is 1. The molecule has 2 aromatic carbocycles. The van der Waals surface area contributed by atoms with E-state index in [0.29, 0.717) is 5.75 Å². The quantitative estimate of drug-likeness (QED) is 0.452. The maximum Gasteiger partial charge on any atom is 0.338 e. The molecule has 1 aliphatic heterocycles. The molecule has 0 saturated carbocycles. The molecule has 0 unspecified atom stereocenters. The molecule has 29 heavy (non-hydrogen) atoms. The number of nitro groups is 1. The number of nitrogens with zero attached hydrogens (tertiary/aromatic N) is 1. The second-order valence-corrected chi connectivity index (χ2v) is 6.17. The zero-order valence-electron chi connectivity index (χ0n) is 15.7. The lowest BCUT2D eigenvalue weighted by molar-refractivity contribution is -0.384. The zero-order chi connectivity index (χ0) is 21.0. The van der Waals surface area contributed by atoms with Crippen LogP contribution in [0.3, 0.4) is 0 Å². The number of hydrogen-bond acceptors (Lipinski definition) is 7. The maximum atomic E-state index is 12.4. The molecule has 1 amide bonds. The van der Waals surface area contributed by atoms with Crippen molar-refractivity contribution in [2.24, 2.45) is 0 Å². The Balaban J connectivity index is 1.68. The second kappa shape index (κ2) is 8.42. The normalized spacial score (nSPS) is 13.2. The molecule has 0 spiro atoms. The van der Waals surface area contributed by atoms with Crippen LogP contribution in [0.1, 0.15) is 12.5 Å². The van der Waals surface area contributed by atoms with Crippen LogP contribution in [-0.4, -0.2) is 36.6 Å². The lowest BCUT2D eigenvalue weighted by Gasteiger charge is -2.19. The molecule has 1 atom stereocenters. The number of amides is 1. The highest BCUT2D eigenvalue weighted by molar-refractivity contribution is 6.00. The molecular weight excluding hydrogens is 380 g/mol. The van der Waals surface area contributed by atoms with E-state index < -0.39 is 22.9 Å². The summed E-state index contributed by atoms with van der Waals surface area (Å²) in [5.41, 5.74) is 0.901. The number of carbonyl (C=O) groups is 2. The molecule has 9 heteroatoms. The van der Waals surface area contributed by atoms with Crippen molar-refractivity contribution in [2.75, 3.05) is 19.0 Å². The first-order valence-electron chi connectivity index (χ1n) is 8.65. The number of hydrogen-bond donors (Lipinski definition) is 1. The van der Waals surface area contributed by atoms with E-state index in [4.69, 9.17) is 14.2 Å². The zero-order valence-corrected chi connectivity index (χ0v) is 15.7. The Morgan fingerprint density at radius 3 is 2.72 bits per heavy atom. The highest BCUT2D eigenvalue weighted by atomic mass is 16.6. The van der Waals surface area contributed by atoms with E-state index in [1.54, 1.807) is 18.2 Å². The monoisotopic (exact) mass is 398 g/mol. The molecule has 0 aliphatic carbocycles. The summed E-state index contributed by atoms with van der Waals surface area (Å²) < 4.78 is 15.8. The van der Waals surface area contributed by atoms with Gasteiger partial charge in [-0.25, -0.2) is 4.79 Å². The van der Waals surface area contributed by atoms with Crippen molar-refractivity contribution in [3.05, 3.63) is 63.7 Å². The van der Waals surface area contributed by atoms with Crippen LogP contribution in [0.2, 0.25) is 0 Å². The van der Waals surface area contributed by atoms with Gasteiger partial charge in [-0.2, -0.15) is 0 Å². The standard InChI is InChI=1S/C20H18N2O7/c1-12(19(23)21-16-10-15(22(25)26)7-8-18(16)27-2)29-20(24)14-9-13-5-3-4-6-17(13)28-11-14/h3-10,12H,11H2,1-2H3,(H,21,23)/t12-/m0/s1. The third-order valence-electron chi connectivity index (χ3n) is 4.20. The summed E-state index contributed by atoms with van der Waals surface area (Å²) in [6, 6.07) is 11.0. The molecule has 0 saturated heterocycles.